The lowest BCUT2D eigenvalue weighted by molar-refractivity contribution is 0.0600. The predicted molar refractivity (Wildman–Crippen MR) is 165 cm³/mol. The molecular weight excluding hydrogens is 546 g/mol. The van der Waals surface area contributed by atoms with Crippen LogP contribution in [-0.2, 0) is 11.3 Å². The minimum Gasteiger partial charge on any atom is -0.465 e. The minimum absolute atomic E-state index is 0.0464. The number of methoxy groups -OCH3 is 1. The Labute approximate surface area is 247 Å². The van der Waals surface area contributed by atoms with E-state index in [1.807, 2.05) is 67.6 Å². The normalized spacial score (nSPS) is 11.5. The lowest BCUT2D eigenvalue weighted by Crippen LogP contribution is -2.29. The highest BCUT2D eigenvalue weighted by Gasteiger charge is 2.24. The number of aromatic nitrogens is 4. The zero-order chi connectivity index (χ0) is 30.5. The Hall–Kier alpha value is -5.96. The highest BCUT2D eigenvalue weighted by atomic mass is 16.5. The number of nitrogens with two attached hydrogens (primary N) is 2. The van der Waals surface area contributed by atoms with E-state index in [1.165, 1.54) is 7.11 Å². The summed E-state index contributed by atoms with van der Waals surface area (Å²) in [6, 6.07) is 23.1. The molecule has 5 aromatic rings. The van der Waals surface area contributed by atoms with Crippen molar-refractivity contribution < 1.29 is 9.53 Å². The maximum absolute atomic E-state index is 14.3. The summed E-state index contributed by atoms with van der Waals surface area (Å²) < 4.78 is 6.32. The van der Waals surface area contributed by atoms with Crippen LogP contribution in [-0.4, -0.2) is 32.6 Å². The van der Waals surface area contributed by atoms with Crippen LogP contribution in [0.4, 0.5) is 23.3 Å². The topological polar surface area (TPSA) is 187 Å². The second-order valence-corrected chi connectivity index (χ2v) is 9.60. The summed E-state index contributed by atoms with van der Waals surface area (Å²) in [5, 5.41) is 16.7. The fraction of sp³-hybridized carbons (Fsp3) is 0.161. The standard InChI is InChI=1S/C31H29N9O3/c1-3-22(36-27-21(16-32)26(33)38-31(34)39-27)28-37-24-11-7-10-23(25(24)29(41)40(28)20-8-5-4-6-9-20)35-17-18-12-14-19(15-13-18)30(42)43-2/h4-15,22,35H,3,17H2,1-2H3,(H5,33,34,36,38,39)/t22-/m0/s1. The Morgan fingerprint density at radius 3 is 2.44 bits per heavy atom. The van der Waals surface area contributed by atoms with Gasteiger partial charge in [-0.3, -0.25) is 9.36 Å². The molecule has 0 radical (unpaired) electrons. The number of rotatable bonds is 9. The van der Waals surface area contributed by atoms with Gasteiger partial charge in [0.25, 0.3) is 5.56 Å². The Kier molecular flexibility index (Phi) is 8.15. The van der Waals surface area contributed by atoms with Gasteiger partial charge in [-0.15, -0.1) is 0 Å². The first kappa shape index (κ1) is 28.6. The summed E-state index contributed by atoms with van der Waals surface area (Å²) in [7, 11) is 1.34. The molecule has 0 unspecified atom stereocenters. The van der Waals surface area contributed by atoms with Gasteiger partial charge in [0.1, 0.15) is 23.3 Å². The molecule has 1 atom stereocenters. The van der Waals surface area contributed by atoms with Crippen molar-refractivity contribution in [3.63, 3.8) is 0 Å². The second kappa shape index (κ2) is 12.3. The highest BCUT2D eigenvalue weighted by molar-refractivity contribution is 5.91. The molecule has 216 valence electrons. The van der Waals surface area contributed by atoms with E-state index < -0.39 is 12.0 Å². The third-order valence-electron chi connectivity index (χ3n) is 6.89. The number of benzene rings is 3. The SMILES string of the molecule is CC[C@H](Nc1nc(N)nc(N)c1C#N)c1nc2cccc(NCc3ccc(C(=O)OC)cc3)c2c(=O)n1-c1ccccc1. The number of anilines is 4. The number of hydrogen-bond donors (Lipinski definition) is 4. The van der Waals surface area contributed by atoms with E-state index in [1.54, 1.807) is 22.8 Å². The summed E-state index contributed by atoms with van der Waals surface area (Å²) in [6.07, 6.45) is 0.485. The van der Waals surface area contributed by atoms with Gasteiger partial charge in [0.15, 0.2) is 5.82 Å². The first-order valence-electron chi connectivity index (χ1n) is 13.5. The van der Waals surface area contributed by atoms with Crippen molar-refractivity contribution >= 4 is 40.1 Å². The van der Waals surface area contributed by atoms with E-state index in [2.05, 4.69) is 20.6 Å². The van der Waals surface area contributed by atoms with E-state index in [-0.39, 0.29) is 28.7 Å². The van der Waals surface area contributed by atoms with E-state index in [9.17, 15) is 14.9 Å². The van der Waals surface area contributed by atoms with Gasteiger partial charge < -0.3 is 26.8 Å². The number of para-hydroxylation sites is 1. The molecule has 5 rings (SSSR count). The van der Waals surface area contributed by atoms with Crippen molar-refractivity contribution in [2.24, 2.45) is 0 Å². The number of ether oxygens (including phenoxy) is 1. The van der Waals surface area contributed by atoms with Gasteiger partial charge >= 0.3 is 5.97 Å². The second-order valence-electron chi connectivity index (χ2n) is 9.60. The van der Waals surface area contributed by atoms with Gasteiger partial charge in [-0.1, -0.05) is 43.3 Å². The molecule has 0 aliphatic heterocycles. The fourth-order valence-corrected chi connectivity index (χ4v) is 4.75. The Morgan fingerprint density at radius 1 is 1.02 bits per heavy atom. The number of fused-ring (bicyclic) bond motifs is 1. The average Bonchev–Trinajstić information content (AvgIpc) is 3.02. The number of nitrogens with zero attached hydrogens (tertiary/aromatic N) is 5. The lowest BCUT2D eigenvalue weighted by atomic mass is 10.1. The molecule has 0 saturated carbocycles. The minimum atomic E-state index is -0.553. The van der Waals surface area contributed by atoms with E-state index in [4.69, 9.17) is 21.2 Å². The van der Waals surface area contributed by atoms with Crippen LogP contribution in [0.1, 0.15) is 46.7 Å². The number of carbonyl (C=O) groups excluding carboxylic acids is 1. The molecular formula is C31H29N9O3. The average molecular weight is 576 g/mol. The van der Waals surface area contributed by atoms with Crippen molar-refractivity contribution in [3.05, 3.63) is 106 Å². The van der Waals surface area contributed by atoms with E-state index in [0.29, 0.717) is 46.6 Å². The molecule has 6 N–H and O–H groups in total. The van der Waals surface area contributed by atoms with E-state index >= 15 is 0 Å². The zero-order valence-corrected chi connectivity index (χ0v) is 23.5. The molecule has 12 nitrogen and oxygen atoms in total. The lowest BCUT2D eigenvalue weighted by Gasteiger charge is -2.23. The molecule has 0 saturated heterocycles. The number of nitrogens with one attached hydrogen (secondary N) is 2. The van der Waals surface area contributed by atoms with Gasteiger partial charge in [0.05, 0.1) is 35.3 Å². The van der Waals surface area contributed by atoms with Crippen molar-refractivity contribution in [1.29, 1.82) is 5.26 Å². The van der Waals surface area contributed by atoms with Crippen LogP contribution in [0.2, 0.25) is 0 Å². The van der Waals surface area contributed by atoms with Crippen LogP contribution < -0.4 is 27.7 Å². The number of carbonyl (C=O) groups is 1. The molecule has 2 aromatic heterocycles. The first-order chi connectivity index (χ1) is 20.8. The largest absolute Gasteiger partial charge is 0.465 e. The van der Waals surface area contributed by atoms with Gasteiger partial charge in [0.2, 0.25) is 5.95 Å². The summed E-state index contributed by atoms with van der Waals surface area (Å²) in [4.78, 5) is 39.1. The fourth-order valence-electron chi connectivity index (χ4n) is 4.75. The molecule has 0 aliphatic carbocycles. The molecule has 2 heterocycles. The predicted octanol–water partition coefficient (Wildman–Crippen LogP) is 4.17. The Balaban J connectivity index is 1.60. The van der Waals surface area contributed by atoms with Crippen molar-refractivity contribution in [1.82, 2.24) is 19.5 Å². The zero-order valence-electron chi connectivity index (χ0n) is 23.5. The maximum Gasteiger partial charge on any atom is 0.337 e. The quantitative estimate of drug-likeness (QED) is 0.185. The van der Waals surface area contributed by atoms with Crippen molar-refractivity contribution in [2.45, 2.75) is 25.9 Å². The number of nitriles is 1. The van der Waals surface area contributed by atoms with Gasteiger partial charge in [-0.25, -0.2) is 9.78 Å². The summed E-state index contributed by atoms with van der Waals surface area (Å²) in [5.74, 6) is 0.0296. The van der Waals surface area contributed by atoms with Crippen molar-refractivity contribution in [2.75, 3.05) is 29.2 Å². The van der Waals surface area contributed by atoms with Crippen LogP contribution >= 0.6 is 0 Å². The third kappa shape index (κ3) is 5.77. The summed E-state index contributed by atoms with van der Waals surface area (Å²) >= 11 is 0. The van der Waals surface area contributed by atoms with E-state index in [0.717, 1.165) is 5.56 Å². The number of hydrogen-bond acceptors (Lipinski definition) is 11. The molecule has 43 heavy (non-hydrogen) atoms. The van der Waals surface area contributed by atoms with Gasteiger partial charge in [-0.05, 0) is 48.4 Å². The highest BCUT2D eigenvalue weighted by Crippen LogP contribution is 2.29. The molecule has 0 fully saturated rings. The van der Waals surface area contributed by atoms with Gasteiger partial charge in [0, 0.05) is 12.2 Å². The van der Waals surface area contributed by atoms with Crippen LogP contribution in [0, 0.1) is 11.3 Å². The smallest absolute Gasteiger partial charge is 0.337 e. The molecule has 0 bridgehead atoms. The van der Waals surface area contributed by atoms with Crippen LogP contribution in [0.5, 0.6) is 0 Å². The summed E-state index contributed by atoms with van der Waals surface area (Å²) in [5.41, 5.74) is 14.6. The first-order valence-corrected chi connectivity index (χ1v) is 13.5. The van der Waals surface area contributed by atoms with Gasteiger partial charge in [-0.2, -0.15) is 15.2 Å². The summed E-state index contributed by atoms with van der Waals surface area (Å²) in [6.45, 7) is 2.33. The molecule has 0 aliphatic rings. The molecule has 12 heteroatoms. The number of nitrogen functional groups attached to an aromatic ring is 2. The van der Waals surface area contributed by atoms with Crippen LogP contribution in [0.3, 0.4) is 0 Å². The molecule has 0 spiro atoms. The molecule has 0 amide bonds. The monoisotopic (exact) mass is 575 g/mol. The van der Waals surface area contributed by atoms with Crippen LogP contribution in [0.25, 0.3) is 16.6 Å². The van der Waals surface area contributed by atoms with Crippen LogP contribution in [0.15, 0.2) is 77.6 Å². The Morgan fingerprint density at radius 2 is 1.77 bits per heavy atom. The third-order valence-corrected chi connectivity index (χ3v) is 6.89. The maximum atomic E-state index is 14.3. The van der Waals surface area contributed by atoms with Crippen molar-refractivity contribution in [3.8, 4) is 11.8 Å². The molecule has 3 aromatic carbocycles. The Bertz CT molecular complexity index is 1900. The number of esters is 1.